The monoisotopic (exact) mass is 483 g/mol. The molecule has 11 heteroatoms. The Morgan fingerprint density at radius 2 is 2.17 bits per heavy atom. The van der Waals surface area contributed by atoms with Gasteiger partial charge in [-0.05, 0) is 55.8 Å². The highest BCUT2D eigenvalue weighted by Gasteiger charge is 2.28. The molecule has 0 aromatic carbocycles. The molecule has 0 radical (unpaired) electrons. The summed E-state index contributed by atoms with van der Waals surface area (Å²) in [6.07, 6.45) is 4.60. The molecule has 0 spiro atoms. The van der Waals surface area contributed by atoms with Crippen LogP contribution < -0.4 is 10.1 Å². The lowest BCUT2D eigenvalue weighted by molar-refractivity contribution is -0.143. The standard InChI is InChI=1S/C24H33N7O4/c1-5-14(2)11-21-27-24(29-35-21)25-13-19-22(28-30-31(19)4)18-9-10-20(15(3)26-18)34-17-8-6-7-16(12-17)23(32)33/h9-10,14,16-17H,5-8,11-13H2,1-4H3,(H,25,29)(H,32,33)/t14?,16-,17-/m0/s1. The van der Waals surface area contributed by atoms with Crippen LogP contribution in [0.5, 0.6) is 5.75 Å². The van der Waals surface area contributed by atoms with Crippen molar-refractivity contribution in [3.63, 3.8) is 0 Å². The zero-order chi connectivity index (χ0) is 24.9. The van der Waals surface area contributed by atoms with Crippen LogP contribution in [0.15, 0.2) is 16.7 Å². The molecule has 3 aromatic heterocycles. The first-order chi connectivity index (χ1) is 16.8. The summed E-state index contributed by atoms with van der Waals surface area (Å²) in [5, 5.41) is 25.0. The fourth-order valence-electron chi connectivity index (χ4n) is 4.25. The Balaban J connectivity index is 1.43. The first-order valence-electron chi connectivity index (χ1n) is 12.2. The topological polar surface area (TPSA) is 141 Å². The van der Waals surface area contributed by atoms with Gasteiger partial charge < -0.3 is 19.7 Å². The summed E-state index contributed by atoms with van der Waals surface area (Å²) in [6, 6.07) is 3.72. The van der Waals surface area contributed by atoms with Crippen LogP contribution in [0.1, 0.15) is 63.2 Å². The number of nitrogens with one attached hydrogen (secondary N) is 1. The van der Waals surface area contributed by atoms with Gasteiger partial charge in [0.15, 0.2) is 0 Å². The molecular weight excluding hydrogens is 450 g/mol. The molecule has 0 bridgehead atoms. The molecule has 11 nitrogen and oxygen atoms in total. The summed E-state index contributed by atoms with van der Waals surface area (Å²) in [7, 11) is 1.82. The summed E-state index contributed by atoms with van der Waals surface area (Å²) >= 11 is 0. The minimum Gasteiger partial charge on any atom is -0.489 e. The van der Waals surface area contributed by atoms with E-state index in [4.69, 9.17) is 14.2 Å². The number of nitrogens with zero attached hydrogens (tertiary/aromatic N) is 6. The zero-order valence-corrected chi connectivity index (χ0v) is 20.7. The van der Waals surface area contributed by atoms with E-state index in [0.717, 1.165) is 37.1 Å². The van der Waals surface area contributed by atoms with Gasteiger partial charge in [0.05, 0.1) is 35.6 Å². The number of carboxylic acids is 1. The molecule has 3 aromatic rings. The highest BCUT2D eigenvalue weighted by Crippen LogP contribution is 2.30. The van der Waals surface area contributed by atoms with E-state index < -0.39 is 5.97 Å². The molecule has 3 heterocycles. The first kappa shape index (κ1) is 24.6. The number of aryl methyl sites for hydroxylation is 2. The van der Waals surface area contributed by atoms with Crippen LogP contribution in [0.4, 0.5) is 5.95 Å². The van der Waals surface area contributed by atoms with Crippen molar-refractivity contribution in [3.05, 3.63) is 29.4 Å². The maximum absolute atomic E-state index is 11.4. The predicted octanol–water partition coefficient (Wildman–Crippen LogP) is 3.79. The van der Waals surface area contributed by atoms with Crippen LogP contribution in [-0.4, -0.2) is 47.3 Å². The summed E-state index contributed by atoms with van der Waals surface area (Å²) < 4.78 is 13.2. The number of aromatic nitrogens is 6. The molecule has 1 aliphatic rings. The highest BCUT2D eigenvalue weighted by molar-refractivity contribution is 5.70. The molecule has 0 aliphatic heterocycles. The van der Waals surface area contributed by atoms with Crippen molar-refractivity contribution in [3.8, 4) is 17.1 Å². The van der Waals surface area contributed by atoms with Gasteiger partial charge in [-0.3, -0.25) is 4.79 Å². The molecule has 1 fully saturated rings. The van der Waals surface area contributed by atoms with Gasteiger partial charge in [-0.15, -0.1) is 5.10 Å². The van der Waals surface area contributed by atoms with Gasteiger partial charge in [0.2, 0.25) is 5.89 Å². The molecule has 188 valence electrons. The van der Waals surface area contributed by atoms with Crippen LogP contribution >= 0.6 is 0 Å². The third-order valence-electron chi connectivity index (χ3n) is 6.59. The Hall–Kier alpha value is -3.50. The minimum atomic E-state index is -0.750. The van der Waals surface area contributed by atoms with E-state index in [1.165, 1.54) is 0 Å². The maximum Gasteiger partial charge on any atom is 0.306 e. The van der Waals surface area contributed by atoms with Crippen LogP contribution in [0.3, 0.4) is 0 Å². The first-order valence-corrected chi connectivity index (χ1v) is 12.2. The molecule has 1 saturated carbocycles. The van der Waals surface area contributed by atoms with Gasteiger partial charge in [-0.1, -0.05) is 25.5 Å². The third kappa shape index (κ3) is 5.95. The Morgan fingerprint density at radius 1 is 1.34 bits per heavy atom. The Labute approximate surface area is 204 Å². The molecule has 4 rings (SSSR count). The Morgan fingerprint density at radius 3 is 2.91 bits per heavy atom. The lowest BCUT2D eigenvalue weighted by Crippen LogP contribution is -2.29. The maximum atomic E-state index is 11.4. The van der Waals surface area contributed by atoms with Crippen molar-refractivity contribution in [1.29, 1.82) is 0 Å². The van der Waals surface area contributed by atoms with Gasteiger partial charge in [0, 0.05) is 13.5 Å². The number of pyridine rings is 1. The van der Waals surface area contributed by atoms with E-state index in [1.54, 1.807) is 4.68 Å². The number of aliphatic carboxylic acids is 1. The van der Waals surface area contributed by atoms with Crippen molar-refractivity contribution in [2.45, 2.75) is 71.9 Å². The van der Waals surface area contributed by atoms with Crippen molar-refractivity contribution in [2.75, 3.05) is 5.32 Å². The Kier molecular flexibility index (Phi) is 7.62. The van der Waals surface area contributed by atoms with Crippen molar-refractivity contribution < 1.29 is 19.2 Å². The predicted molar refractivity (Wildman–Crippen MR) is 128 cm³/mol. The molecular formula is C24H33N7O4. The lowest BCUT2D eigenvalue weighted by Gasteiger charge is -2.27. The van der Waals surface area contributed by atoms with E-state index in [1.807, 2.05) is 26.1 Å². The lowest BCUT2D eigenvalue weighted by atomic mass is 9.87. The van der Waals surface area contributed by atoms with E-state index >= 15 is 0 Å². The minimum absolute atomic E-state index is 0.118. The molecule has 1 aliphatic carbocycles. The number of rotatable bonds is 10. The smallest absolute Gasteiger partial charge is 0.306 e. The fourth-order valence-corrected chi connectivity index (χ4v) is 4.25. The molecule has 2 N–H and O–H groups in total. The second-order valence-corrected chi connectivity index (χ2v) is 9.31. The summed E-state index contributed by atoms with van der Waals surface area (Å²) in [6.45, 7) is 6.57. The van der Waals surface area contributed by atoms with Crippen molar-refractivity contribution in [1.82, 2.24) is 30.1 Å². The number of anilines is 1. The normalized spacial score (nSPS) is 18.9. The number of hydrogen-bond donors (Lipinski definition) is 2. The SMILES string of the molecule is CCC(C)Cc1nc(NCc2c(-c3ccc(O[C@H]4CCC[C@H](C(=O)O)C4)c(C)n3)nnn2C)no1. The summed E-state index contributed by atoms with van der Waals surface area (Å²) in [5.41, 5.74) is 2.88. The quantitative estimate of drug-likeness (QED) is 0.437. The van der Waals surface area contributed by atoms with Crippen molar-refractivity contribution in [2.24, 2.45) is 18.9 Å². The molecule has 35 heavy (non-hydrogen) atoms. The Bertz CT molecular complexity index is 1160. The van der Waals surface area contributed by atoms with Crippen molar-refractivity contribution >= 4 is 11.9 Å². The number of carbonyl (C=O) groups is 1. The van der Waals surface area contributed by atoms with Crippen LogP contribution in [0.2, 0.25) is 0 Å². The van der Waals surface area contributed by atoms with Crippen LogP contribution in [-0.2, 0) is 24.8 Å². The summed E-state index contributed by atoms with van der Waals surface area (Å²) in [5.74, 6) is 1.09. The second-order valence-electron chi connectivity index (χ2n) is 9.31. The van der Waals surface area contributed by atoms with E-state index in [2.05, 4.69) is 39.6 Å². The van der Waals surface area contributed by atoms with Crippen LogP contribution in [0, 0.1) is 18.8 Å². The van der Waals surface area contributed by atoms with E-state index in [9.17, 15) is 9.90 Å². The summed E-state index contributed by atoms with van der Waals surface area (Å²) in [4.78, 5) is 20.5. The van der Waals surface area contributed by atoms with Gasteiger partial charge >= 0.3 is 5.97 Å². The van der Waals surface area contributed by atoms with E-state index in [0.29, 0.717) is 54.3 Å². The second kappa shape index (κ2) is 10.8. The number of hydrogen-bond acceptors (Lipinski definition) is 9. The molecule has 1 unspecified atom stereocenters. The fraction of sp³-hybridized carbons (Fsp3) is 0.583. The number of carboxylic acid groups (broad SMARTS) is 1. The molecule has 0 amide bonds. The van der Waals surface area contributed by atoms with E-state index in [-0.39, 0.29) is 12.0 Å². The molecule has 3 atom stereocenters. The van der Waals surface area contributed by atoms with Crippen LogP contribution in [0.25, 0.3) is 11.4 Å². The van der Waals surface area contributed by atoms with Gasteiger partial charge in [-0.25, -0.2) is 9.67 Å². The van der Waals surface area contributed by atoms with Gasteiger partial charge in [0.25, 0.3) is 5.95 Å². The highest BCUT2D eigenvalue weighted by atomic mass is 16.5. The van der Waals surface area contributed by atoms with Gasteiger partial charge in [-0.2, -0.15) is 4.98 Å². The number of ether oxygens (including phenoxy) is 1. The molecule has 0 saturated heterocycles. The zero-order valence-electron chi connectivity index (χ0n) is 20.7. The largest absolute Gasteiger partial charge is 0.489 e. The third-order valence-corrected chi connectivity index (χ3v) is 6.59. The average molecular weight is 484 g/mol. The van der Waals surface area contributed by atoms with Gasteiger partial charge in [0.1, 0.15) is 11.4 Å². The average Bonchev–Trinajstić information content (AvgIpc) is 3.44.